The summed E-state index contributed by atoms with van der Waals surface area (Å²) in [7, 11) is 0. The van der Waals surface area contributed by atoms with E-state index in [-0.39, 0.29) is 0 Å². The number of aliphatic hydroxyl groups is 1. The maximum Gasteiger partial charge on any atom is 0.122 e. The lowest BCUT2D eigenvalue weighted by molar-refractivity contribution is 0.179. The zero-order chi connectivity index (χ0) is 12.5. The monoisotopic (exact) mass is 324 g/mol. The molecule has 1 unspecified atom stereocenters. The summed E-state index contributed by atoms with van der Waals surface area (Å²) in [4.78, 5) is 1.19. The topological polar surface area (TPSA) is 29.5 Å². The molecular weight excluding hydrogens is 312 g/mol. The Balaban J connectivity index is 1.78. The van der Waals surface area contributed by atoms with Crippen molar-refractivity contribution in [1.29, 1.82) is 0 Å². The first kappa shape index (κ1) is 12.2. The van der Waals surface area contributed by atoms with Crippen LogP contribution in [0.5, 0.6) is 5.75 Å². The second-order valence-electron chi connectivity index (χ2n) is 4.39. The molecule has 0 saturated carbocycles. The number of thiophene rings is 1. The molecule has 0 fully saturated rings. The highest BCUT2D eigenvalue weighted by Crippen LogP contribution is 2.31. The van der Waals surface area contributed by atoms with Gasteiger partial charge in [-0.3, -0.25) is 0 Å². The van der Waals surface area contributed by atoms with E-state index < -0.39 is 6.10 Å². The second-order valence-corrected chi connectivity index (χ2v) is 6.94. The minimum Gasteiger partial charge on any atom is -0.493 e. The molecule has 94 valence electrons. The zero-order valence-electron chi connectivity index (χ0n) is 9.73. The number of benzene rings is 1. The van der Waals surface area contributed by atoms with E-state index in [1.54, 1.807) is 11.3 Å². The molecule has 1 aliphatic rings. The molecule has 0 bridgehead atoms. The Morgan fingerprint density at radius 3 is 3.00 bits per heavy atom. The number of hydrogen-bond donors (Lipinski definition) is 1. The lowest BCUT2D eigenvalue weighted by Gasteiger charge is -2.11. The fraction of sp³-hybridized carbons (Fsp3) is 0.286. The van der Waals surface area contributed by atoms with Crippen LogP contribution in [-0.2, 0) is 12.8 Å². The van der Waals surface area contributed by atoms with Crippen LogP contribution < -0.4 is 4.74 Å². The maximum absolute atomic E-state index is 10.3. The fourth-order valence-electron chi connectivity index (χ4n) is 2.18. The molecule has 1 N–H and O–H groups in total. The highest BCUT2D eigenvalue weighted by atomic mass is 79.9. The average Bonchev–Trinajstić information content (AvgIpc) is 2.96. The van der Waals surface area contributed by atoms with E-state index in [2.05, 4.69) is 28.1 Å². The number of fused-ring (bicyclic) bond motifs is 1. The smallest absolute Gasteiger partial charge is 0.122 e. The molecule has 0 aliphatic carbocycles. The summed E-state index contributed by atoms with van der Waals surface area (Å²) in [6, 6.07) is 10.1. The Labute approximate surface area is 118 Å². The molecule has 1 aromatic carbocycles. The highest BCUT2D eigenvalue weighted by Gasteiger charge is 2.16. The van der Waals surface area contributed by atoms with Gasteiger partial charge in [-0.15, -0.1) is 11.3 Å². The summed E-state index contributed by atoms with van der Waals surface area (Å²) in [5, 5.41) is 10.3. The van der Waals surface area contributed by atoms with E-state index >= 15 is 0 Å². The summed E-state index contributed by atoms with van der Waals surface area (Å²) in [5.74, 6) is 0.963. The summed E-state index contributed by atoms with van der Waals surface area (Å²) in [5.41, 5.74) is 2.18. The molecule has 2 nitrogen and oxygen atoms in total. The van der Waals surface area contributed by atoms with Crippen molar-refractivity contribution < 1.29 is 9.84 Å². The lowest BCUT2D eigenvalue weighted by Crippen LogP contribution is -2.00. The van der Waals surface area contributed by atoms with Gasteiger partial charge in [0.25, 0.3) is 0 Å². The van der Waals surface area contributed by atoms with Gasteiger partial charge in [0.2, 0.25) is 0 Å². The molecule has 2 heterocycles. The first-order valence-electron chi connectivity index (χ1n) is 5.90. The summed E-state index contributed by atoms with van der Waals surface area (Å²) in [6.07, 6.45) is 1.16. The molecule has 2 aromatic rings. The molecule has 0 saturated heterocycles. The Morgan fingerprint density at radius 1 is 1.33 bits per heavy atom. The standard InChI is InChI=1S/C14H13BrO2S/c15-14-4-2-11(18-14)8-12(16)9-1-3-13-10(7-9)5-6-17-13/h1-4,7,12,16H,5-6,8H2. The SMILES string of the molecule is OC(Cc1ccc(Br)s1)c1ccc2c(c1)CCO2. The van der Waals surface area contributed by atoms with E-state index in [4.69, 9.17) is 4.74 Å². The Hall–Kier alpha value is -0.840. The predicted molar refractivity (Wildman–Crippen MR) is 76.3 cm³/mol. The highest BCUT2D eigenvalue weighted by molar-refractivity contribution is 9.11. The number of rotatable bonds is 3. The molecular formula is C14H13BrO2S. The van der Waals surface area contributed by atoms with Gasteiger partial charge in [-0.05, 0) is 51.3 Å². The summed E-state index contributed by atoms with van der Waals surface area (Å²) < 4.78 is 6.57. The van der Waals surface area contributed by atoms with Crippen LogP contribution in [0.2, 0.25) is 0 Å². The molecule has 1 aromatic heterocycles. The van der Waals surface area contributed by atoms with Crippen LogP contribution >= 0.6 is 27.3 Å². The van der Waals surface area contributed by atoms with Crippen molar-refractivity contribution in [2.24, 2.45) is 0 Å². The van der Waals surface area contributed by atoms with Gasteiger partial charge in [0.15, 0.2) is 0 Å². The van der Waals surface area contributed by atoms with Gasteiger partial charge in [0, 0.05) is 17.7 Å². The average molecular weight is 325 g/mol. The van der Waals surface area contributed by atoms with E-state index in [0.717, 1.165) is 28.1 Å². The minimum absolute atomic E-state index is 0.443. The number of aliphatic hydroxyl groups excluding tert-OH is 1. The van der Waals surface area contributed by atoms with Gasteiger partial charge in [-0.1, -0.05) is 6.07 Å². The Morgan fingerprint density at radius 2 is 2.22 bits per heavy atom. The van der Waals surface area contributed by atoms with Gasteiger partial charge in [-0.25, -0.2) is 0 Å². The van der Waals surface area contributed by atoms with Gasteiger partial charge in [0.1, 0.15) is 5.75 Å². The molecule has 0 radical (unpaired) electrons. The van der Waals surface area contributed by atoms with Gasteiger partial charge < -0.3 is 9.84 Å². The molecule has 0 amide bonds. The predicted octanol–water partition coefficient (Wildman–Crippen LogP) is 3.72. The van der Waals surface area contributed by atoms with Crippen molar-refractivity contribution in [2.45, 2.75) is 18.9 Å². The van der Waals surface area contributed by atoms with E-state index in [9.17, 15) is 5.11 Å². The second kappa shape index (κ2) is 5.03. The van der Waals surface area contributed by atoms with Crippen LogP contribution in [0.25, 0.3) is 0 Å². The van der Waals surface area contributed by atoms with Crippen LogP contribution in [-0.4, -0.2) is 11.7 Å². The Kier molecular flexibility index (Phi) is 3.41. The summed E-state index contributed by atoms with van der Waals surface area (Å²) >= 11 is 5.11. The lowest BCUT2D eigenvalue weighted by atomic mass is 10.0. The van der Waals surface area contributed by atoms with Crippen molar-refractivity contribution in [3.8, 4) is 5.75 Å². The summed E-state index contributed by atoms with van der Waals surface area (Å²) in [6.45, 7) is 0.757. The number of ether oxygens (including phenoxy) is 1. The fourth-order valence-corrected chi connectivity index (χ4v) is 3.70. The van der Waals surface area contributed by atoms with E-state index in [1.165, 1.54) is 10.4 Å². The third kappa shape index (κ3) is 2.46. The zero-order valence-corrected chi connectivity index (χ0v) is 12.1. The van der Waals surface area contributed by atoms with Crippen molar-refractivity contribution >= 4 is 27.3 Å². The Bertz CT molecular complexity index is 565. The van der Waals surface area contributed by atoms with Crippen LogP contribution in [0, 0.1) is 0 Å². The minimum atomic E-state index is -0.443. The largest absolute Gasteiger partial charge is 0.493 e. The van der Waals surface area contributed by atoms with Crippen molar-refractivity contribution in [3.05, 3.63) is 50.1 Å². The first-order valence-corrected chi connectivity index (χ1v) is 7.51. The van der Waals surface area contributed by atoms with E-state index in [1.807, 2.05) is 18.2 Å². The normalized spacial score (nSPS) is 15.2. The van der Waals surface area contributed by atoms with E-state index in [0.29, 0.717) is 6.42 Å². The van der Waals surface area contributed by atoms with Crippen LogP contribution in [0.15, 0.2) is 34.1 Å². The number of halogens is 1. The number of hydrogen-bond acceptors (Lipinski definition) is 3. The molecule has 18 heavy (non-hydrogen) atoms. The van der Waals surface area contributed by atoms with Crippen LogP contribution in [0.3, 0.4) is 0 Å². The van der Waals surface area contributed by atoms with Crippen LogP contribution in [0.1, 0.15) is 22.1 Å². The van der Waals surface area contributed by atoms with Crippen molar-refractivity contribution in [3.63, 3.8) is 0 Å². The quantitative estimate of drug-likeness (QED) is 0.932. The molecule has 4 heteroatoms. The molecule has 1 atom stereocenters. The third-order valence-electron chi connectivity index (χ3n) is 3.12. The molecule has 3 rings (SSSR count). The van der Waals surface area contributed by atoms with Gasteiger partial charge >= 0.3 is 0 Å². The maximum atomic E-state index is 10.3. The van der Waals surface area contributed by atoms with Gasteiger partial charge in [0.05, 0.1) is 16.5 Å². The van der Waals surface area contributed by atoms with Crippen LogP contribution in [0.4, 0.5) is 0 Å². The first-order chi connectivity index (χ1) is 8.72. The van der Waals surface area contributed by atoms with Crippen molar-refractivity contribution in [1.82, 2.24) is 0 Å². The molecule has 1 aliphatic heterocycles. The van der Waals surface area contributed by atoms with Crippen molar-refractivity contribution in [2.75, 3.05) is 6.61 Å². The molecule has 0 spiro atoms. The third-order valence-corrected chi connectivity index (χ3v) is 4.77. The van der Waals surface area contributed by atoms with Gasteiger partial charge in [-0.2, -0.15) is 0 Å².